The lowest BCUT2D eigenvalue weighted by atomic mass is 9.97. The van der Waals surface area contributed by atoms with E-state index in [1.165, 1.54) is 0 Å². The minimum Gasteiger partial charge on any atom is -0.481 e. The minimum atomic E-state index is -4.73. The van der Waals surface area contributed by atoms with Gasteiger partial charge in [0.15, 0.2) is 0 Å². The maximum Gasteiger partial charge on any atom is 0.416 e. The molecule has 1 aromatic rings. The summed E-state index contributed by atoms with van der Waals surface area (Å²) in [6.45, 7) is -0.148. The Balaban J connectivity index is 2.19. The van der Waals surface area contributed by atoms with E-state index in [4.69, 9.17) is 9.84 Å². The van der Waals surface area contributed by atoms with Crippen LogP contribution in [0.1, 0.15) is 18.4 Å². The Morgan fingerprint density at radius 1 is 1.28 bits per heavy atom. The third-order valence-corrected chi connectivity index (χ3v) is 3.76. The van der Waals surface area contributed by atoms with E-state index in [9.17, 15) is 27.6 Å². The van der Waals surface area contributed by atoms with Gasteiger partial charge in [-0.2, -0.15) is 13.2 Å². The van der Waals surface area contributed by atoms with Gasteiger partial charge in [-0.3, -0.25) is 9.59 Å². The van der Waals surface area contributed by atoms with Crippen molar-refractivity contribution in [2.75, 3.05) is 6.61 Å². The van der Waals surface area contributed by atoms with Gasteiger partial charge in [0.1, 0.15) is 6.61 Å². The van der Waals surface area contributed by atoms with E-state index >= 15 is 0 Å². The average Bonchev–Trinajstić information content (AvgIpc) is 2.86. The maximum atomic E-state index is 12.7. The molecule has 0 unspecified atom stereocenters. The Hall–Kier alpha value is -2.58. The summed E-state index contributed by atoms with van der Waals surface area (Å²) in [5.41, 5.74) is 0.772. The average molecular weight is 359 g/mol. The summed E-state index contributed by atoms with van der Waals surface area (Å²) in [5, 5.41) is 8.79. The lowest BCUT2D eigenvalue weighted by Gasteiger charge is -2.24. The van der Waals surface area contributed by atoms with Crippen molar-refractivity contribution in [1.82, 2.24) is 4.90 Å². The first kappa shape index (κ1) is 18.8. The summed E-state index contributed by atoms with van der Waals surface area (Å²) in [4.78, 5) is 35.7. The fourth-order valence-electron chi connectivity index (χ4n) is 2.70. The Labute approximate surface area is 141 Å². The van der Waals surface area contributed by atoms with Crippen LogP contribution in [0.15, 0.2) is 30.3 Å². The lowest BCUT2D eigenvalue weighted by molar-refractivity contribution is -0.162. The van der Waals surface area contributed by atoms with E-state index in [0.717, 1.165) is 5.56 Å². The predicted octanol–water partition coefficient (Wildman–Crippen LogP) is 2.62. The van der Waals surface area contributed by atoms with E-state index in [1.54, 1.807) is 30.3 Å². The molecular formula is C16H16F3NO5. The number of halogens is 3. The summed E-state index contributed by atoms with van der Waals surface area (Å²) in [5.74, 6) is -4.60. The van der Waals surface area contributed by atoms with Crippen molar-refractivity contribution < 1.29 is 37.4 Å². The van der Waals surface area contributed by atoms with Crippen LogP contribution in [0.4, 0.5) is 18.0 Å². The number of benzene rings is 1. The molecule has 0 bridgehead atoms. The number of carbonyl (C=O) groups is 3. The van der Waals surface area contributed by atoms with Crippen molar-refractivity contribution in [2.24, 2.45) is 5.92 Å². The second-order valence-corrected chi connectivity index (χ2v) is 5.74. The Morgan fingerprint density at radius 3 is 2.48 bits per heavy atom. The fraction of sp³-hybridized carbons (Fsp3) is 0.438. The highest BCUT2D eigenvalue weighted by atomic mass is 19.4. The minimum absolute atomic E-state index is 0.148. The molecule has 1 fully saturated rings. The van der Waals surface area contributed by atoms with Gasteiger partial charge in [0.05, 0.1) is 24.8 Å². The van der Waals surface area contributed by atoms with Crippen LogP contribution in [-0.2, 0) is 20.7 Å². The van der Waals surface area contributed by atoms with E-state index in [0.29, 0.717) is 4.90 Å². The van der Waals surface area contributed by atoms with Crippen LogP contribution in [0.3, 0.4) is 0 Å². The van der Waals surface area contributed by atoms with Crippen molar-refractivity contribution in [1.29, 1.82) is 0 Å². The number of carboxylic acids is 1. The number of alkyl halides is 3. The summed E-state index contributed by atoms with van der Waals surface area (Å²) in [6, 6.07) is 7.99. The first-order chi connectivity index (χ1) is 11.7. The first-order valence-electron chi connectivity index (χ1n) is 7.49. The third-order valence-electron chi connectivity index (χ3n) is 3.76. The molecule has 0 saturated carbocycles. The van der Waals surface area contributed by atoms with Gasteiger partial charge < -0.3 is 9.84 Å². The lowest BCUT2D eigenvalue weighted by Crippen LogP contribution is -2.45. The molecule has 1 N–H and O–H groups in total. The van der Waals surface area contributed by atoms with Crippen LogP contribution in [0.5, 0.6) is 0 Å². The largest absolute Gasteiger partial charge is 0.481 e. The van der Waals surface area contributed by atoms with Gasteiger partial charge in [-0.15, -0.1) is 0 Å². The SMILES string of the molecule is O=C(O)C[C@@H](CC(F)(F)F)C(=O)N1C(=O)OC[C@@H]1Cc1ccccc1. The van der Waals surface area contributed by atoms with Crippen LogP contribution < -0.4 is 0 Å². The number of rotatable bonds is 6. The molecule has 6 nitrogen and oxygen atoms in total. The smallest absolute Gasteiger partial charge is 0.416 e. The van der Waals surface area contributed by atoms with Crippen molar-refractivity contribution in [3.8, 4) is 0 Å². The molecule has 2 rings (SSSR count). The summed E-state index contributed by atoms with van der Waals surface area (Å²) in [7, 11) is 0. The van der Waals surface area contributed by atoms with E-state index in [-0.39, 0.29) is 13.0 Å². The number of hydrogen-bond acceptors (Lipinski definition) is 4. The van der Waals surface area contributed by atoms with Gasteiger partial charge in [-0.25, -0.2) is 9.69 Å². The highest BCUT2D eigenvalue weighted by Gasteiger charge is 2.44. The number of carbonyl (C=O) groups excluding carboxylic acids is 2. The molecule has 1 aliphatic heterocycles. The zero-order valence-corrected chi connectivity index (χ0v) is 13.0. The van der Waals surface area contributed by atoms with Gasteiger partial charge in [0.2, 0.25) is 5.91 Å². The number of amides is 2. The second kappa shape index (κ2) is 7.54. The summed E-state index contributed by atoms with van der Waals surface area (Å²) < 4.78 is 42.8. The fourth-order valence-corrected chi connectivity index (χ4v) is 2.70. The normalized spacial score (nSPS) is 18.8. The topological polar surface area (TPSA) is 83.9 Å². The first-order valence-corrected chi connectivity index (χ1v) is 7.49. The van der Waals surface area contributed by atoms with Gasteiger partial charge in [-0.1, -0.05) is 30.3 Å². The molecule has 136 valence electrons. The number of aliphatic carboxylic acids is 1. The monoisotopic (exact) mass is 359 g/mol. The highest BCUT2D eigenvalue weighted by Crippen LogP contribution is 2.30. The molecule has 1 aromatic carbocycles. The quantitative estimate of drug-likeness (QED) is 0.844. The Kier molecular flexibility index (Phi) is 5.66. The number of ether oxygens (including phenoxy) is 1. The number of nitrogens with zero attached hydrogens (tertiary/aromatic N) is 1. The van der Waals surface area contributed by atoms with Crippen LogP contribution >= 0.6 is 0 Å². The molecule has 0 radical (unpaired) electrons. The van der Waals surface area contributed by atoms with E-state index in [2.05, 4.69) is 0 Å². The van der Waals surface area contributed by atoms with Crippen molar-refractivity contribution in [3.63, 3.8) is 0 Å². The molecule has 0 spiro atoms. The molecule has 1 aliphatic rings. The molecular weight excluding hydrogens is 343 g/mol. The van der Waals surface area contributed by atoms with Crippen molar-refractivity contribution in [3.05, 3.63) is 35.9 Å². The second-order valence-electron chi connectivity index (χ2n) is 5.74. The van der Waals surface area contributed by atoms with Crippen molar-refractivity contribution >= 4 is 18.0 Å². The zero-order valence-electron chi connectivity index (χ0n) is 13.0. The standard InChI is InChI=1S/C16H16F3NO5/c17-16(18,19)8-11(7-13(21)22)14(23)20-12(9-25-15(20)24)6-10-4-2-1-3-5-10/h1-5,11-12H,6-9H2,(H,21,22)/t11-,12-/m0/s1. The summed E-state index contributed by atoms with van der Waals surface area (Å²) >= 11 is 0. The molecule has 0 aromatic heterocycles. The summed E-state index contributed by atoms with van der Waals surface area (Å²) in [6.07, 6.45) is -8.19. The van der Waals surface area contributed by atoms with Crippen LogP contribution in [-0.4, -0.2) is 46.8 Å². The number of hydrogen-bond donors (Lipinski definition) is 1. The van der Waals surface area contributed by atoms with Crippen molar-refractivity contribution in [2.45, 2.75) is 31.5 Å². The maximum absolute atomic E-state index is 12.7. The molecule has 2 amide bonds. The molecule has 25 heavy (non-hydrogen) atoms. The molecule has 2 atom stereocenters. The zero-order chi connectivity index (χ0) is 18.6. The molecule has 1 saturated heterocycles. The number of imide groups is 1. The van der Waals surface area contributed by atoms with E-state index in [1.807, 2.05) is 0 Å². The molecule has 1 heterocycles. The molecule has 0 aliphatic carbocycles. The Bertz CT molecular complexity index is 647. The van der Waals surface area contributed by atoms with Gasteiger partial charge >= 0.3 is 18.2 Å². The van der Waals surface area contributed by atoms with E-state index < -0.39 is 48.9 Å². The van der Waals surface area contributed by atoms with Gasteiger partial charge in [0.25, 0.3) is 0 Å². The van der Waals surface area contributed by atoms with Crippen LogP contribution in [0.25, 0.3) is 0 Å². The van der Waals surface area contributed by atoms with Crippen LogP contribution in [0, 0.1) is 5.92 Å². The number of cyclic esters (lactones) is 1. The van der Waals surface area contributed by atoms with Gasteiger partial charge in [-0.05, 0) is 12.0 Å². The van der Waals surface area contributed by atoms with Gasteiger partial charge in [0, 0.05) is 0 Å². The molecule has 9 heteroatoms. The third kappa shape index (κ3) is 5.20. The Morgan fingerprint density at radius 2 is 1.92 bits per heavy atom. The predicted molar refractivity (Wildman–Crippen MR) is 78.5 cm³/mol. The highest BCUT2D eigenvalue weighted by molar-refractivity contribution is 5.96. The number of carboxylic acid groups (broad SMARTS) is 1. The van der Waals surface area contributed by atoms with Crippen LogP contribution in [0.2, 0.25) is 0 Å².